The number of aryl methyl sites for hydroxylation is 1. The van der Waals surface area contributed by atoms with Crippen molar-refractivity contribution in [1.29, 1.82) is 5.26 Å². The maximum Gasteiger partial charge on any atom is 0.0998 e. The lowest BCUT2D eigenvalue weighted by Gasteiger charge is -2.20. The van der Waals surface area contributed by atoms with E-state index in [1.165, 1.54) is 51.6 Å². The zero-order valence-electron chi connectivity index (χ0n) is 23.2. The molecule has 2 aliphatic carbocycles. The van der Waals surface area contributed by atoms with Gasteiger partial charge in [0.05, 0.1) is 23.0 Å². The van der Waals surface area contributed by atoms with Crippen LogP contribution in [-0.4, -0.2) is 13.1 Å². The monoisotopic (exact) mass is 512 g/mol. The first-order valence-electron chi connectivity index (χ1n) is 14.1. The lowest BCUT2D eigenvalue weighted by atomic mass is 9.97. The molecule has 4 heteroatoms. The zero-order valence-corrected chi connectivity index (χ0v) is 23.2. The van der Waals surface area contributed by atoms with Gasteiger partial charge < -0.3 is 4.90 Å². The molecule has 0 atom stereocenters. The number of nitrogens with zero attached hydrogens (tertiary/aromatic N) is 4. The Bertz CT molecular complexity index is 1550. The Balaban J connectivity index is 1.23. The third-order valence-electron chi connectivity index (χ3n) is 7.64. The van der Waals surface area contributed by atoms with Gasteiger partial charge in [-0.25, -0.2) is 0 Å². The van der Waals surface area contributed by atoms with E-state index in [0.717, 1.165) is 49.3 Å². The van der Waals surface area contributed by atoms with Gasteiger partial charge in [-0.15, -0.1) is 0 Å². The molecule has 0 saturated carbocycles. The summed E-state index contributed by atoms with van der Waals surface area (Å²) in [6.07, 6.45) is 11.5. The molecule has 0 saturated heterocycles. The molecule has 0 bridgehead atoms. The van der Waals surface area contributed by atoms with Crippen LogP contribution in [0.1, 0.15) is 57.6 Å². The molecule has 0 heterocycles. The molecule has 2 aliphatic rings. The van der Waals surface area contributed by atoms with Crippen LogP contribution < -0.4 is 4.90 Å². The highest BCUT2D eigenvalue weighted by atomic mass is 15.1. The summed E-state index contributed by atoms with van der Waals surface area (Å²) in [7, 11) is 0. The average molecular weight is 513 g/mol. The van der Waals surface area contributed by atoms with Crippen LogP contribution in [0, 0.1) is 11.3 Å². The van der Waals surface area contributed by atoms with E-state index in [0.29, 0.717) is 5.57 Å². The van der Waals surface area contributed by atoms with E-state index in [2.05, 4.69) is 103 Å². The fourth-order valence-corrected chi connectivity index (χ4v) is 5.42. The van der Waals surface area contributed by atoms with Gasteiger partial charge in [0, 0.05) is 25.2 Å². The second-order valence-electron chi connectivity index (χ2n) is 10.3. The molecule has 4 nitrogen and oxygen atoms in total. The molecule has 196 valence electrons. The van der Waals surface area contributed by atoms with Crippen LogP contribution >= 0.6 is 0 Å². The smallest absolute Gasteiger partial charge is 0.0998 e. The first kappa shape index (κ1) is 26.4. The molecule has 3 aromatic rings. The maximum atomic E-state index is 9.95. The van der Waals surface area contributed by atoms with Gasteiger partial charge in [-0.1, -0.05) is 49.8 Å². The van der Waals surface area contributed by atoms with Gasteiger partial charge in [-0.05, 0) is 114 Å². The minimum absolute atomic E-state index is 0.705. The summed E-state index contributed by atoms with van der Waals surface area (Å²) in [5.74, 6) is 0. The van der Waals surface area contributed by atoms with E-state index < -0.39 is 0 Å². The predicted molar refractivity (Wildman–Crippen MR) is 163 cm³/mol. The summed E-state index contributed by atoms with van der Waals surface area (Å²) in [4.78, 5) is 2.31. The second-order valence-corrected chi connectivity index (χ2v) is 10.3. The largest absolute Gasteiger partial charge is 0.372 e. The normalized spacial score (nSPS) is 15.1. The van der Waals surface area contributed by atoms with Gasteiger partial charge in [-0.3, -0.25) is 0 Å². The molecular formula is C35H36N4. The van der Waals surface area contributed by atoms with Gasteiger partial charge in [-0.2, -0.15) is 15.5 Å². The highest BCUT2D eigenvalue weighted by molar-refractivity contribution is 5.89. The van der Waals surface area contributed by atoms with Crippen molar-refractivity contribution in [2.24, 2.45) is 10.2 Å². The van der Waals surface area contributed by atoms with Crippen molar-refractivity contribution in [2.75, 3.05) is 18.0 Å². The lowest BCUT2D eigenvalue weighted by molar-refractivity contribution is 0.796. The van der Waals surface area contributed by atoms with Crippen molar-refractivity contribution < 1.29 is 0 Å². The molecule has 0 amide bonds. The minimum Gasteiger partial charge on any atom is -0.372 e. The first-order chi connectivity index (χ1) is 19.1. The number of unbranched alkanes of at least 4 members (excludes halogenated alkanes) is 1. The molecule has 39 heavy (non-hydrogen) atoms. The van der Waals surface area contributed by atoms with Gasteiger partial charge in [0.2, 0.25) is 0 Å². The second kappa shape index (κ2) is 12.1. The van der Waals surface area contributed by atoms with Crippen LogP contribution in [0.3, 0.4) is 0 Å². The van der Waals surface area contributed by atoms with Gasteiger partial charge in [0.15, 0.2) is 0 Å². The number of anilines is 1. The summed E-state index contributed by atoms with van der Waals surface area (Å²) in [6, 6.07) is 23.7. The van der Waals surface area contributed by atoms with Crippen LogP contribution in [-0.2, 0) is 6.42 Å². The highest BCUT2D eigenvalue weighted by Gasteiger charge is 2.21. The van der Waals surface area contributed by atoms with Gasteiger partial charge in [0.25, 0.3) is 0 Å². The number of hydrogen-bond donors (Lipinski definition) is 0. The fourth-order valence-electron chi connectivity index (χ4n) is 5.42. The summed E-state index contributed by atoms with van der Waals surface area (Å²) in [5, 5.41) is 21.4. The predicted octanol–water partition coefficient (Wildman–Crippen LogP) is 9.63. The van der Waals surface area contributed by atoms with Crippen LogP contribution in [0.15, 0.2) is 112 Å². The van der Waals surface area contributed by atoms with Gasteiger partial charge >= 0.3 is 0 Å². The van der Waals surface area contributed by atoms with E-state index in [-0.39, 0.29) is 0 Å². The highest BCUT2D eigenvalue weighted by Crippen LogP contribution is 2.39. The Morgan fingerprint density at radius 2 is 1.62 bits per heavy atom. The first-order valence-corrected chi connectivity index (χ1v) is 14.1. The standard InChI is InChI=1S/C35H36N4/c1-4-7-8-25-9-10-28-21-29(12-11-27(28)17-25)32(24-36)20-26-18-30-22-34(23-31(30)19-26)38-37-33-13-15-35(16-14-33)39(5-2)6-3/h9-18,20-21,23H,4-8,19,22H2,1-3H3/b32-20+,38-37+. The molecule has 5 rings (SSSR count). The van der Waals surface area contributed by atoms with E-state index in [1.54, 1.807) is 0 Å². The molecule has 0 unspecified atom stereocenters. The number of allylic oxidation sites excluding steroid dienone is 7. The maximum absolute atomic E-state index is 9.95. The van der Waals surface area contributed by atoms with Crippen LogP contribution in [0.4, 0.5) is 11.4 Å². The zero-order chi connectivity index (χ0) is 27.2. The molecule has 0 spiro atoms. The van der Waals surface area contributed by atoms with E-state index in [9.17, 15) is 5.26 Å². The van der Waals surface area contributed by atoms with E-state index in [1.807, 2.05) is 18.2 Å². The molecule has 0 N–H and O–H groups in total. The third kappa shape index (κ3) is 6.10. The average Bonchev–Trinajstić information content (AvgIpc) is 3.53. The van der Waals surface area contributed by atoms with Crippen molar-refractivity contribution in [2.45, 2.75) is 52.9 Å². The van der Waals surface area contributed by atoms with Crippen LogP contribution in [0.25, 0.3) is 16.3 Å². The van der Waals surface area contributed by atoms with Crippen LogP contribution in [0.2, 0.25) is 0 Å². The molecule has 0 fully saturated rings. The molecule has 0 aliphatic heterocycles. The van der Waals surface area contributed by atoms with Crippen molar-refractivity contribution in [3.8, 4) is 6.07 Å². The third-order valence-corrected chi connectivity index (χ3v) is 7.64. The Morgan fingerprint density at radius 3 is 2.33 bits per heavy atom. The quantitative estimate of drug-likeness (QED) is 0.200. The van der Waals surface area contributed by atoms with Crippen molar-refractivity contribution in [3.63, 3.8) is 0 Å². The van der Waals surface area contributed by atoms with Crippen molar-refractivity contribution in [1.82, 2.24) is 0 Å². The lowest BCUT2D eigenvalue weighted by Crippen LogP contribution is -2.21. The summed E-state index contributed by atoms with van der Waals surface area (Å²) >= 11 is 0. The number of fused-ring (bicyclic) bond motifs is 1. The van der Waals surface area contributed by atoms with E-state index in [4.69, 9.17) is 0 Å². The minimum atomic E-state index is 0.705. The van der Waals surface area contributed by atoms with E-state index >= 15 is 0 Å². The molecule has 0 radical (unpaired) electrons. The Morgan fingerprint density at radius 1 is 0.872 bits per heavy atom. The number of nitriles is 1. The Hall–Kier alpha value is -4.23. The van der Waals surface area contributed by atoms with Crippen molar-refractivity contribution >= 4 is 27.7 Å². The Labute approximate surface area is 232 Å². The summed E-state index contributed by atoms with van der Waals surface area (Å²) in [5.41, 5.74) is 9.85. The Kier molecular flexibility index (Phi) is 8.18. The van der Waals surface area contributed by atoms with Crippen molar-refractivity contribution in [3.05, 3.63) is 112 Å². The topological polar surface area (TPSA) is 51.8 Å². The SMILES string of the molecule is CCCCc1ccc2cc(/C(C#N)=C/C3=CC4=C(C=C(/N=N/c5ccc(N(CC)CC)cc5)C4)C3)ccc2c1. The van der Waals surface area contributed by atoms with Crippen LogP contribution in [0.5, 0.6) is 0 Å². The summed E-state index contributed by atoms with van der Waals surface area (Å²) in [6.45, 7) is 8.54. The number of rotatable bonds is 10. The number of benzene rings is 3. The number of hydrogen-bond acceptors (Lipinski definition) is 4. The fraction of sp³-hybridized carbons (Fsp3) is 0.286. The number of azo groups is 1. The summed E-state index contributed by atoms with van der Waals surface area (Å²) < 4.78 is 0. The molecule has 3 aromatic carbocycles. The molecular weight excluding hydrogens is 476 g/mol. The molecule has 0 aromatic heterocycles. The van der Waals surface area contributed by atoms with Gasteiger partial charge in [0.1, 0.15) is 0 Å².